The molecule has 0 spiro atoms. The highest BCUT2D eigenvalue weighted by molar-refractivity contribution is 9.10. The Hall–Kier alpha value is -2.01. The molecule has 1 aliphatic heterocycles. The van der Waals surface area contributed by atoms with Crippen LogP contribution in [0.4, 0.5) is 16.2 Å². The molecular formula is C19H22BrN3O. The SMILES string of the molecule is Cc1ccc(NC(=O)N2CCN(c3ccccc3Br)CC2)cc1C. The Morgan fingerprint density at radius 1 is 1.00 bits per heavy atom. The van der Waals surface area contributed by atoms with Gasteiger partial charge in [-0.15, -0.1) is 0 Å². The number of amides is 2. The maximum Gasteiger partial charge on any atom is 0.321 e. The minimum absolute atomic E-state index is 0.0231. The molecule has 1 fully saturated rings. The van der Waals surface area contributed by atoms with Crippen molar-refractivity contribution in [3.8, 4) is 0 Å². The van der Waals surface area contributed by atoms with Crippen molar-refractivity contribution in [2.45, 2.75) is 13.8 Å². The van der Waals surface area contributed by atoms with Crippen LogP contribution in [0.1, 0.15) is 11.1 Å². The van der Waals surface area contributed by atoms with E-state index in [2.05, 4.69) is 46.1 Å². The summed E-state index contributed by atoms with van der Waals surface area (Å²) in [6.07, 6.45) is 0. The second-order valence-corrected chi connectivity index (χ2v) is 7.01. The standard InChI is InChI=1S/C19H22BrN3O/c1-14-7-8-16(13-15(14)2)21-19(24)23-11-9-22(10-12-23)18-6-4-3-5-17(18)20/h3-8,13H,9-12H2,1-2H3,(H,21,24). The number of hydrogen-bond donors (Lipinski definition) is 1. The summed E-state index contributed by atoms with van der Waals surface area (Å²) >= 11 is 3.60. The zero-order valence-corrected chi connectivity index (χ0v) is 15.6. The summed E-state index contributed by atoms with van der Waals surface area (Å²) in [5, 5.41) is 3.00. The predicted molar refractivity (Wildman–Crippen MR) is 103 cm³/mol. The van der Waals surface area contributed by atoms with Gasteiger partial charge in [-0.1, -0.05) is 18.2 Å². The largest absolute Gasteiger partial charge is 0.367 e. The third-order valence-electron chi connectivity index (χ3n) is 4.52. The molecule has 4 nitrogen and oxygen atoms in total. The monoisotopic (exact) mass is 387 g/mol. The van der Waals surface area contributed by atoms with Crippen LogP contribution in [0, 0.1) is 13.8 Å². The molecule has 0 aromatic heterocycles. The number of aryl methyl sites for hydroxylation is 2. The van der Waals surface area contributed by atoms with E-state index in [1.165, 1.54) is 16.8 Å². The number of hydrogen-bond acceptors (Lipinski definition) is 2. The highest BCUT2D eigenvalue weighted by Gasteiger charge is 2.22. The Morgan fingerprint density at radius 3 is 2.38 bits per heavy atom. The number of urea groups is 1. The van der Waals surface area contributed by atoms with Crippen LogP contribution in [0.2, 0.25) is 0 Å². The number of benzene rings is 2. The number of piperazine rings is 1. The molecule has 1 saturated heterocycles. The molecule has 2 aromatic rings. The molecule has 1 aliphatic rings. The summed E-state index contributed by atoms with van der Waals surface area (Å²) in [4.78, 5) is 16.6. The van der Waals surface area contributed by atoms with Gasteiger partial charge in [0.05, 0.1) is 5.69 Å². The highest BCUT2D eigenvalue weighted by atomic mass is 79.9. The fourth-order valence-corrected chi connectivity index (χ4v) is 3.42. The van der Waals surface area contributed by atoms with Crippen LogP contribution in [-0.4, -0.2) is 37.1 Å². The van der Waals surface area contributed by atoms with Gasteiger partial charge in [-0.05, 0) is 65.2 Å². The van der Waals surface area contributed by atoms with Gasteiger partial charge in [0.25, 0.3) is 0 Å². The number of carbonyl (C=O) groups excluding carboxylic acids is 1. The summed E-state index contributed by atoms with van der Waals surface area (Å²) in [6, 6.07) is 14.2. The van der Waals surface area contributed by atoms with E-state index in [1.54, 1.807) is 0 Å². The number of nitrogens with zero attached hydrogens (tertiary/aromatic N) is 2. The minimum Gasteiger partial charge on any atom is -0.367 e. The van der Waals surface area contributed by atoms with E-state index in [-0.39, 0.29) is 6.03 Å². The molecule has 0 atom stereocenters. The van der Waals surface area contributed by atoms with E-state index in [0.29, 0.717) is 0 Å². The van der Waals surface area contributed by atoms with Gasteiger partial charge >= 0.3 is 6.03 Å². The highest BCUT2D eigenvalue weighted by Crippen LogP contribution is 2.26. The maximum atomic E-state index is 12.5. The molecule has 0 bridgehead atoms. The van der Waals surface area contributed by atoms with Gasteiger partial charge in [-0.3, -0.25) is 0 Å². The third-order valence-corrected chi connectivity index (χ3v) is 5.19. The molecule has 126 valence electrons. The molecule has 3 rings (SSSR count). The fourth-order valence-electron chi connectivity index (χ4n) is 2.88. The average Bonchev–Trinajstić information content (AvgIpc) is 2.59. The summed E-state index contributed by atoms with van der Waals surface area (Å²) < 4.78 is 1.10. The zero-order chi connectivity index (χ0) is 17.1. The Bertz CT molecular complexity index is 739. The lowest BCUT2D eigenvalue weighted by Gasteiger charge is -2.36. The third kappa shape index (κ3) is 3.73. The molecule has 1 heterocycles. The van der Waals surface area contributed by atoms with Crippen molar-refractivity contribution in [1.29, 1.82) is 0 Å². The number of nitrogens with one attached hydrogen (secondary N) is 1. The van der Waals surface area contributed by atoms with Crippen LogP contribution in [-0.2, 0) is 0 Å². The molecule has 0 unspecified atom stereocenters. The van der Waals surface area contributed by atoms with E-state index in [9.17, 15) is 4.79 Å². The van der Waals surface area contributed by atoms with Crippen molar-refractivity contribution in [2.24, 2.45) is 0 Å². The van der Waals surface area contributed by atoms with E-state index in [4.69, 9.17) is 0 Å². The van der Waals surface area contributed by atoms with Crippen molar-refractivity contribution < 1.29 is 4.79 Å². The Labute approximate surface area is 151 Å². The number of halogens is 1. The first kappa shape index (κ1) is 16.8. The zero-order valence-electron chi connectivity index (χ0n) is 14.1. The lowest BCUT2D eigenvalue weighted by molar-refractivity contribution is 0.208. The average molecular weight is 388 g/mol. The normalized spacial score (nSPS) is 14.6. The van der Waals surface area contributed by atoms with Gasteiger partial charge in [0.2, 0.25) is 0 Å². The number of anilines is 2. The second kappa shape index (κ2) is 7.26. The lowest BCUT2D eigenvalue weighted by atomic mass is 10.1. The van der Waals surface area contributed by atoms with Gasteiger partial charge in [0, 0.05) is 36.3 Å². The van der Waals surface area contributed by atoms with E-state index in [1.807, 2.05) is 41.3 Å². The summed E-state index contributed by atoms with van der Waals surface area (Å²) in [7, 11) is 0. The molecule has 0 radical (unpaired) electrons. The van der Waals surface area contributed by atoms with Crippen molar-refractivity contribution >= 4 is 33.3 Å². The first-order valence-electron chi connectivity index (χ1n) is 8.17. The topological polar surface area (TPSA) is 35.6 Å². The molecule has 24 heavy (non-hydrogen) atoms. The van der Waals surface area contributed by atoms with E-state index < -0.39 is 0 Å². The first-order chi connectivity index (χ1) is 11.5. The molecule has 1 N–H and O–H groups in total. The lowest BCUT2D eigenvalue weighted by Crippen LogP contribution is -2.50. The van der Waals surface area contributed by atoms with Gasteiger partial charge in [0.15, 0.2) is 0 Å². The number of carbonyl (C=O) groups is 1. The molecule has 2 amide bonds. The quantitative estimate of drug-likeness (QED) is 0.827. The van der Waals surface area contributed by atoms with Crippen LogP contribution < -0.4 is 10.2 Å². The second-order valence-electron chi connectivity index (χ2n) is 6.15. The van der Waals surface area contributed by atoms with Crippen molar-refractivity contribution in [2.75, 3.05) is 36.4 Å². The van der Waals surface area contributed by atoms with E-state index >= 15 is 0 Å². The fraction of sp³-hybridized carbons (Fsp3) is 0.316. The first-order valence-corrected chi connectivity index (χ1v) is 8.96. The minimum atomic E-state index is -0.0231. The predicted octanol–water partition coefficient (Wildman–Crippen LogP) is 4.42. The van der Waals surface area contributed by atoms with E-state index in [0.717, 1.165) is 36.3 Å². The Balaban J connectivity index is 1.59. The van der Waals surface area contributed by atoms with Crippen molar-refractivity contribution in [3.05, 3.63) is 58.1 Å². The van der Waals surface area contributed by atoms with Crippen LogP contribution >= 0.6 is 15.9 Å². The molecule has 0 saturated carbocycles. The summed E-state index contributed by atoms with van der Waals surface area (Å²) in [5.41, 5.74) is 4.46. The number of rotatable bonds is 2. The summed E-state index contributed by atoms with van der Waals surface area (Å²) in [6.45, 7) is 7.24. The summed E-state index contributed by atoms with van der Waals surface area (Å²) in [5.74, 6) is 0. The van der Waals surface area contributed by atoms with Crippen LogP contribution in [0.15, 0.2) is 46.9 Å². The van der Waals surface area contributed by atoms with Gasteiger partial charge in [0.1, 0.15) is 0 Å². The van der Waals surface area contributed by atoms with Gasteiger partial charge in [-0.2, -0.15) is 0 Å². The van der Waals surface area contributed by atoms with Gasteiger partial charge in [-0.25, -0.2) is 4.79 Å². The van der Waals surface area contributed by atoms with Crippen molar-refractivity contribution in [3.63, 3.8) is 0 Å². The smallest absolute Gasteiger partial charge is 0.321 e. The molecule has 2 aromatic carbocycles. The van der Waals surface area contributed by atoms with Crippen LogP contribution in [0.25, 0.3) is 0 Å². The molecular weight excluding hydrogens is 366 g/mol. The molecule has 0 aliphatic carbocycles. The molecule has 5 heteroatoms. The van der Waals surface area contributed by atoms with Crippen LogP contribution in [0.3, 0.4) is 0 Å². The number of para-hydroxylation sites is 1. The Kier molecular flexibility index (Phi) is 5.09. The van der Waals surface area contributed by atoms with Gasteiger partial charge < -0.3 is 15.1 Å². The van der Waals surface area contributed by atoms with Crippen molar-refractivity contribution in [1.82, 2.24) is 4.90 Å². The Morgan fingerprint density at radius 2 is 1.71 bits per heavy atom. The maximum absolute atomic E-state index is 12.5. The van der Waals surface area contributed by atoms with Crippen LogP contribution in [0.5, 0.6) is 0 Å².